The zero-order chi connectivity index (χ0) is 18.4. The first-order chi connectivity index (χ1) is 10.4. The summed E-state index contributed by atoms with van der Waals surface area (Å²) in [5.74, 6) is -2.37. The van der Waals surface area contributed by atoms with Gasteiger partial charge in [0.05, 0.1) is 5.41 Å². The summed E-state index contributed by atoms with van der Waals surface area (Å²) in [4.78, 5) is 35.5. The molecule has 23 heavy (non-hydrogen) atoms. The van der Waals surface area contributed by atoms with Crippen molar-refractivity contribution in [2.45, 2.75) is 60.6 Å². The second-order valence-corrected chi connectivity index (χ2v) is 7.18. The van der Waals surface area contributed by atoms with E-state index in [2.05, 4.69) is 5.32 Å². The molecule has 0 saturated heterocycles. The third-order valence-electron chi connectivity index (χ3n) is 3.12. The summed E-state index contributed by atoms with van der Waals surface area (Å²) in [5, 5.41) is 12.2. The van der Waals surface area contributed by atoms with E-state index in [1.807, 2.05) is 0 Å². The van der Waals surface area contributed by atoms with Crippen molar-refractivity contribution in [2.24, 2.45) is 17.3 Å². The predicted octanol–water partition coefficient (Wildman–Crippen LogP) is 1.23. The normalized spacial score (nSPS) is 14.3. The molecule has 7 heteroatoms. The Bertz CT molecular complexity index is 425. The molecule has 2 unspecified atom stereocenters. The van der Waals surface area contributed by atoms with Crippen molar-refractivity contribution in [3.05, 3.63) is 0 Å². The van der Waals surface area contributed by atoms with Crippen LogP contribution in [0.5, 0.6) is 0 Å². The van der Waals surface area contributed by atoms with Crippen molar-refractivity contribution >= 4 is 17.8 Å². The summed E-state index contributed by atoms with van der Waals surface area (Å²) in [7, 11) is 0. The number of nitrogens with one attached hydrogen (secondary N) is 1. The SMILES string of the molecule is CC(C)C(O)C(=O)NC(C(=O)OCOC(=O)C(C)(C)C)C(C)C. The molecule has 134 valence electrons. The van der Waals surface area contributed by atoms with Gasteiger partial charge in [-0.25, -0.2) is 4.79 Å². The fraction of sp³-hybridized carbons (Fsp3) is 0.812. The molecule has 0 aromatic carbocycles. The summed E-state index contributed by atoms with van der Waals surface area (Å²) in [6, 6.07) is -0.927. The van der Waals surface area contributed by atoms with Gasteiger partial charge in [0.1, 0.15) is 12.1 Å². The van der Waals surface area contributed by atoms with Crippen LogP contribution >= 0.6 is 0 Å². The molecule has 2 N–H and O–H groups in total. The van der Waals surface area contributed by atoms with Gasteiger partial charge in [-0.15, -0.1) is 0 Å². The van der Waals surface area contributed by atoms with Gasteiger partial charge in [-0.1, -0.05) is 27.7 Å². The molecule has 0 rings (SSSR count). The van der Waals surface area contributed by atoms with Crippen molar-refractivity contribution in [1.82, 2.24) is 5.32 Å². The Kier molecular flexibility index (Phi) is 8.23. The van der Waals surface area contributed by atoms with Gasteiger partial charge >= 0.3 is 11.9 Å². The van der Waals surface area contributed by atoms with Crippen LogP contribution in [0.3, 0.4) is 0 Å². The van der Waals surface area contributed by atoms with Gasteiger partial charge in [0, 0.05) is 0 Å². The molecule has 0 aliphatic rings. The minimum Gasteiger partial charge on any atom is -0.427 e. The van der Waals surface area contributed by atoms with Crippen LogP contribution in [0.2, 0.25) is 0 Å². The van der Waals surface area contributed by atoms with Gasteiger partial charge < -0.3 is 19.9 Å². The fourth-order valence-electron chi connectivity index (χ4n) is 1.49. The third kappa shape index (κ3) is 7.45. The number of ether oxygens (including phenoxy) is 2. The van der Waals surface area contributed by atoms with E-state index in [4.69, 9.17) is 9.47 Å². The van der Waals surface area contributed by atoms with Gasteiger partial charge in [-0.3, -0.25) is 9.59 Å². The Morgan fingerprint density at radius 3 is 1.91 bits per heavy atom. The molecule has 0 saturated carbocycles. The second-order valence-electron chi connectivity index (χ2n) is 7.18. The Morgan fingerprint density at radius 1 is 1.00 bits per heavy atom. The van der Waals surface area contributed by atoms with Gasteiger partial charge in [0.15, 0.2) is 0 Å². The van der Waals surface area contributed by atoms with E-state index in [1.165, 1.54) is 0 Å². The van der Waals surface area contributed by atoms with E-state index in [1.54, 1.807) is 48.5 Å². The van der Waals surface area contributed by atoms with Crippen LogP contribution in [-0.2, 0) is 23.9 Å². The van der Waals surface area contributed by atoms with Crippen molar-refractivity contribution in [1.29, 1.82) is 0 Å². The van der Waals surface area contributed by atoms with Crippen LogP contribution < -0.4 is 5.32 Å². The maximum Gasteiger partial charge on any atom is 0.331 e. The molecular weight excluding hydrogens is 302 g/mol. The number of aliphatic hydroxyl groups excluding tert-OH is 1. The fourth-order valence-corrected chi connectivity index (χ4v) is 1.49. The Balaban J connectivity index is 4.59. The maximum atomic E-state index is 12.0. The lowest BCUT2D eigenvalue weighted by Gasteiger charge is -2.23. The van der Waals surface area contributed by atoms with Crippen molar-refractivity contribution in [2.75, 3.05) is 6.79 Å². The molecule has 2 atom stereocenters. The van der Waals surface area contributed by atoms with E-state index < -0.39 is 42.2 Å². The average Bonchev–Trinajstić information content (AvgIpc) is 2.41. The number of hydrogen-bond donors (Lipinski definition) is 2. The van der Waals surface area contributed by atoms with Crippen LogP contribution in [0, 0.1) is 17.3 Å². The highest BCUT2D eigenvalue weighted by atomic mass is 16.7. The third-order valence-corrected chi connectivity index (χ3v) is 3.12. The molecule has 0 spiro atoms. The number of carbonyl (C=O) groups is 3. The second kappa shape index (κ2) is 8.86. The van der Waals surface area contributed by atoms with E-state index in [-0.39, 0.29) is 11.8 Å². The average molecular weight is 331 g/mol. The first kappa shape index (κ1) is 21.4. The molecule has 0 radical (unpaired) electrons. The number of carbonyl (C=O) groups excluding carboxylic acids is 3. The smallest absolute Gasteiger partial charge is 0.331 e. The Hall–Kier alpha value is -1.63. The van der Waals surface area contributed by atoms with Gasteiger partial charge in [0.2, 0.25) is 12.7 Å². The van der Waals surface area contributed by atoms with E-state index in [9.17, 15) is 19.5 Å². The topological polar surface area (TPSA) is 102 Å². The van der Waals surface area contributed by atoms with Crippen LogP contribution in [0.4, 0.5) is 0 Å². The van der Waals surface area contributed by atoms with E-state index >= 15 is 0 Å². The number of rotatable bonds is 7. The highest BCUT2D eigenvalue weighted by molar-refractivity contribution is 5.87. The Morgan fingerprint density at radius 2 is 1.52 bits per heavy atom. The van der Waals surface area contributed by atoms with Crippen LogP contribution in [0.25, 0.3) is 0 Å². The molecule has 1 amide bonds. The maximum absolute atomic E-state index is 12.0. The van der Waals surface area contributed by atoms with Crippen LogP contribution in [0.1, 0.15) is 48.5 Å². The van der Waals surface area contributed by atoms with Crippen molar-refractivity contribution < 1.29 is 29.0 Å². The molecule has 0 fully saturated rings. The van der Waals surface area contributed by atoms with Crippen molar-refractivity contribution in [3.63, 3.8) is 0 Å². The van der Waals surface area contributed by atoms with Crippen molar-refractivity contribution in [3.8, 4) is 0 Å². The summed E-state index contributed by atoms with van der Waals surface area (Å²) in [6.45, 7) is 11.4. The first-order valence-electron chi connectivity index (χ1n) is 7.70. The summed E-state index contributed by atoms with van der Waals surface area (Å²) in [6.07, 6.45) is -1.21. The quantitative estimate of drug-likeness (QED) is 0.537. The summed E-state index contributed by atoms with van der Waals surface area (Å²) < 4.78 is 9.75. The van der Waals surface area contributed by atoms with Gasteiger partial charge in [0.25, 0.3) is 0 Å². The number of aliphatic hydroxyl groups is 1. The molecule has 0 aliphatic carbocycles. The van der Waals surface area contributed by atoms with Crippen LogP contribution in [-0.4, -0.2) is 41.9 Å². The lowest BCUT2D eigenvalue weighted by molar-refractivity contribution is -0.175. The minimum atomic E-state index is -1.21. The Labute approximate surface area is 137 Å². The largest absolute Gasteiger partial charge is 0.427 e. The number of hydrogen-bond acceptors (Lipinski definition) is 6. The summed E-state index contributed by atoms with van der Waals surface area (Å²) in [5.41, 5.74) is -0.695. The predicted molar refractivity (Wildman–Crippen MR) is 84.1 cm³/mol. The lowest BCUT2D eigenvalue weighted by Crippen LogP contribution is -2.50. The minimum absolute atomic E-state index is 0.246. The molecule has 0 bridgehead atoms. The lowest BCUT2D eigenvalue weighted by atomic mass is 9.98. The number of amides is 1. The van der Waals surface area contributed by atoms with E-state index in [0.29, 0.717) is 0 Å². The number of esters is 2. The standard InChI is InChI=1S/C16H29NO6/c1-9(2)11(17-13(19)12(18)10(3)4)14(20)22-8-23-15(21)16(5,6)7/h9-12,18H,8H2,1-7H3,(H,17,19). The monoisotopic (exact) mass is 331 g/mol. The highest BCUT2D eigenvalue weighted by Crippen LogP contribution is 2.15. The molecule has 0 aromatic rings. The molecule has 0 heterocycles. The van der Waals surface area contributed by atoms with Gasteiger partial charge in [-0.05, 0) is 32.6 Å². The molecule has 0 aliphatic heterocycles. The van der Waals surface area contributed by atoms with Gasteiger partial charge in [-0.2, -0.15) is 0 Å². The van der Waals surface area contributed by atoms with E-state index in [0.717, 1.165) is 0 Å². The summed E-state index contributed by atoms with van der Waals surface area (Å²) >= 11 is 0. The zero-order valence-electron chi connectivity index (χ0n) is 15.0. The molecule has 0 aromatic heterocycles. The van der Waals surface area contributed by atoms with Crippen LogP contribution in [0.15, 0.2) is 0 Å². The first-order valence-corrected chi connectivity index (χ1v) is 7.70. The molecule has 7 nitrogen and oxygen atoms in total. The highest BCUT2D eigenvalue weighted by Gasteiger charge is 2.30. The molecular formula is C16H29NO6. The zero-order valence-corrected chi connectivity index (χ0v) is 15.0.